The molecule has 0 heterocycles. The number of nitrogens with zero attached hydrogens (tertiary/aromatic N) is 1. The second kappa shape index (κ2) is 9.06. The zero-order valence-electron chi connectivity index (χ0n) is 14.6. The second-order valence-corrected chi connectivity index (χ2v) is 6.66. The van der Waals surface area contributed by atoms with Crippen molar-refractivity contribution in [3.63, 3.8) is 0 Å². The lowest BCUT2D eigenvalue weighted by Gasteiger charge is -2.27. The minimum absolute atomic E-state index is 0.676. The van der Waals surface area contributed by atoms with Crippen LogP contribution in [0.25, 0.3) is 0 Å². The summed E-state index contributed by atoms with van der Waals surface area (Å²) in [7, 11) is 3.74. The number of hydrogen-bond acceptors (Lipinski definition) is 3. The predicted octanol–water partition coefficient (Wildman–Crippen LogP) is 3.53. The van der Waals surface area contributed by atoms with Gasteiger partial charge in [-0.1, -0.05) is 33.8 Å². The van der Waals surface area contributed by atoms with Crippen molar-refractivity contribution in [2.75, 3.05) is 27.2 Å². The molecule has 120 valence electrons. The minimum atomic E-state index is 0.676. The van der Waals surface area contributed by atoms with E-state index in [0.29, 0.717) is 11.8 Å². The van der Waals surface area contributed by atoms with Gasteiger partial charge in [-0.25, -0.2) is 0 Å². The van der Waals surface area contributed by atoms with E-state index < -0.39 is 0 Å². The molecule has 0 spiro atoms. The Morgan fingerprint density at radius 3 is 2.19 bits per heavy atom. The summed E-state index contributed by atoms with van der Waals surface area (Å²) in [6.07, 6.45) is 0. The van der Waals surface area contributed by atoms with Gasteiger partial charge in [-0.15, -0.1) is 0 Å². The second-order valence-electron chi connectivity index (χ2n) is 6.66. The monoisotopic (exact) mass is 292 g/mol. The summed E-state index contributed by atoms with van der Waals surface area (Å²) in [5, 5.41) is 3.21. The van der Waals surface area contributed by atoms with Crippen molar-refractivity contribution >= 4 is 0 Å². The molecule has 0 radical (unpaired) electrons. The predicted molar refractivity (Wildman–Crippen MR) is 90.7 cm³/mol. The van der Waals surface area contributed by atoms with Crippen LogP contribution in [0.4, 0.5) is 0 Å². The van der Waals surface area contributed by atoms with E-state index in [1.807, 2.05) is 7.05 Å². The number of methoxy groups -OCH3 is 1. The zero-order chi connectivity index (χ0) is 15.8. The topological polar surface area (TPSA) is 24.5 Å². The van der Waals surface area contributed by atoms with Crippen LogP contribution >= 0.6 is 0 Å². The van der Waals surface area contributed by atoms with Crippen LogP contribution in [0.15, 0.2) is 18.2 Å². The van der Waals surface area contributed by atoms with Crippen molar-refractivity contribution in [1.29, 1.82) is 0 Å². The van der Waals surface area contributed by atoms with Gasteiger partial charge in [0.2, 0.25) is 0 Å². The average Bonchev–Trinajstić information content (AvgIpc) is 2.37. The molecule has 0 fully saturated rings. The van der Waals surface area contributed by atoms with E-state index in [2.05, 4.69) is 56.1 Å². The van der Waals surface area contributed by atoms with E-state index >= 15 is 0 Å². The normalized spacial score (nSPS) is 11.7. The minimum Gasteiger partial charge on any atom is -0.496 e. The molecule has 1 aromatic carbocycles. The van der Waals surface area contributed by atoms with Crippen LogP contribution in [0.5, 0.6) is 5.75 Å². The highest BCUT2D eigenvalue weighted by atomic mass is 16.5. The maximum atomic E-state index is 5.54. The molecule has 0 aliphatic rings. The SMILES string of the molecule is CNCc1ccc(OC)c(CN(CC(C)C)CC(C)C)c1. The fourth-order valence-corrected chi connectivity index (χ4v) is 2.75. The molecule has 21 heavy (non-hydrogen) atoms. The summed E-state index contributed by atoms with van der Waals surface area (Å²) in [4.78, 5) is 2.54. The maximum Gasteiger partial charge on any atom is 0.123 e. The van der Waals surface area contributed by atoms with Crippen molar-refractivity contribution in [2.45, 2.75) is 40.8 Å². The third kappa shape index (κ3) is 6.49. The first kappa shape index (κ1) is 18.0. The molecule has 0 unspecified atom stereocenters. The lowest BCUT2D eigenvalue weighted by molar-refractivity contribution is 0.209. The van der Waals surface area contributed by atoms with Crippen LogP contribution in [0.2, 0.25) is 0 Å². The van der Waals surface area contributed by atoms with Crippen LogP contribution in [0, 0.1) is 11.8 Å². The zero-order valence-corrected chi connectivity index (χ0v) is 14.6. The fourth-order valence-electron chi connectivity index (χ4n) is 2.75. The average molecular weight is 292 g/mol. The lowest BCUT2D eigenvalue weighted by Crippen LogP contribution is -2.31. The van der Waals surface area contributed by atoms with Crippen LogP contribution < -0.4 is 10.1 Å². The van der Waals surface area contributed by atoms with Gasteiger partial charge in [-0.3, -0.25) is 4.90 Å². The van der Waals surface area contributed by atoms with Crippen LogP contribution in [0.1, 0.15) is 38.8 Å². The molecule has 1 N–H and O–H groups in total. The number of hydrogen-bond donors (Lipinski definition) is 1. The van der Waals surface area contributed by atoms with Gasteiger partial charge in [0, 0.05) is 31.7 Å². The standard InChI is InChI=1S/C18H32N2O/c1-14(2)11-20(12-15(3)4)13-17-9-16(10-19-5)7-8-18(17)21-6/h7-9,14-15,19H,10-13H2,1-6H3. The van der Waals surface area contributed by atoms with Gasteiger partial charge in [0.05, 0.1) is 7.11 Å². The summed E-state index contributed by atoms with van der Waals surface area (Å²) < 4.78 is 5.54. The van der Waals surface area contributed by atoms with Crippen molar-refractivity contribution in [2.24, 2.45) is 11.8 Å². The molecule has 0 saturated carbocycles. The first-order chi connectivity index (χ1) is 9.96. The molecular formula is C18H32N2O. The van der Waals surface area contributed by atoms with Crippen molar-refractivity contribution < 1.29 is 4.74 Å². The Bertz CT molecular complexity index is 406. The highest BCUT2D eigenvalue weighted by Crippen LogP contribution is 2.22. The molecule has 1 rings (SSSR count). The van der Waals surface area contributed by atoms with Gasteiger partial charge < -0.3 is 10.1 Å². The molecule has 0 aliphatic heterocycles. The smallest absolute Gasteiger partial charge is 0.123 e. The van der Waals surface area contributed by atoms with Gasteiger partial charge in [-0.2, -0.15) is 0 Å². The number of benzene rings is 1. The highest BCUT2D eigenvalue weighted by Gasteiger charge is 2.13. The summed E-state index contributed by atoms with van der Waals surface area (Å²) in [5.41, 5.74) is 2.59. The third-order valence-corrected chi connectivity index (χ3v) is 3.37. The van der Waals surface area contributed by atoms with Gasteiger partial charge in [0.25, 0.3) is 0 Å². The van der Waals surface area contributed by atoms with E-state index in [0.717, 1.165) is 31.9 Å². The Kier molecular flexibility index (Phi) is 7.76. The van der Waals surface area contributed by atoms with Crippen LogP contribution in [0.3, 0.4) is 0 Å². The molecule has 3 nitrogen and oxygen atoms in total. The highest BCUT2D eigenvalue weighted by molar-refractivity contribution is 5.37. The van der Waals surface area contributed by atoms with Gasteiger partial charge in [0.15, 0.2) is 0 Å². The van der Waals surface area contributed by atoms with E-state index in [-0.39, 0.29) is 0 Å². The van der Waals surface area contributed by atoms with Crippen molar-refractivity contribution in [3.8, 4) is 5.75 Å². The lowest BCUT2D eigenvalue weighted by atomic mass is 10.1. The Morgan fingerprint density at radius 2 is 1.71 bits per heavy atom. The van der Waals surface area contributed by atoms with Gasteiger partial charge in [0.1, 0.15) is 5.75 Å². The maximum absolute atomic E-state index is 5.54. The largest absolute Gasteiger partial charge is 0.496 e. The first-order valence-electron chi connectivity index (χ1n) is 7.99. The number of nitrogens with one attached hydrogen (secondary N) is 1. The van der Waals surface area contributed by atoms with Crippen LogP contribution in [-0.4, -0.2) is 32.1 Å². The van der Waals surface area contributed by atoms with Crippen LogP contribution in [-0.2, 0) is 13.1 Å². The molecule has 0 amide bonds. The molecule has 0 atom stereocenters. The van der Waals surface area contributed by atoms with Crippen molar-refractivity contribution in [1.82, 2.24) is 10.2 Å². The molecule has 1 aromatic rings. The summed E-state index contributed by atoms with van der Waals surface area (Å²) >= 11 is 0. The van der Waals surface area contributed by atoms with E-state index in [1.54, 1.807) is 7.11 Å². The molecule has 3 heteroatoms. The fraction of sp³-hybridized carbons (Fsp3) is 0.667. The number of rotatable bonds is 9. The first-order valence-corrected chi connectivity index (χ1v) is 7.99. The molecule has 0 aliphatic carbocycles. The molecule has 0 bridgehead atoms. The molecule has 0 saturated heterocycles. The quantitative estimate of drug-likeness (QED) is 0.753. The Hall–Kier alpha value is -1.06. The Morgan fingerprint density at radius 1 is 1.10 bits per heavy atom. The molecule has 0 aromatic heterocycles. The van der Waals surface area contributed by atoms with E-state index in [4.69, 9.17) is 4.74 Å². The van der Waals surface area contributed by atoms with Crippen molar-refractivity contribution in [3.05, 3.63) is 29.3 Å². The van der Waals surface area contributed by atoms with Gasteiger partial charge in [-0.05, 0) is 36.6 Å². The number of ether oxygens (including phenoxy) is 1. The third-order valence-electron chi connectivity index (χ3n) is 3.37. The van der Waals surface area contributed by atoms with E-state index in [1.165, 1.54) is 11.1 Å². The summed E-state index contributed by atoms with van der Waals surface area (Å²) in [5.74, 6) is 2.35. The van der Waals surface area contributed by atoms with Gasteiger partial charge >= 0.3 is 0 Å². The molecular weight excluding hydrogens is 260 g/mol. The summed E-state index contributed by atoms with van der Waals surface area (Å²) in [6.45, 7) is 13.2. The summed E-state index contributed by atoms with van der Waals surface area (Å²) in [6, 6.07) is 6.49. The Balaban J connectivity index is 2.91. The Labute approximate surface area is 130 Å². The van der Waals surface area contributed by atoms with E-state index in [9.17, 15) is 0 Å².